The van der Waals surface area contributed by atoms with Crippen molar-refractivity contribution in [1.29, 1.82) is 0 Å². The fraction of sp³-hybridized carbons (Fsp3) is 0.250. The number of benzene rings is 1. The van der Waals surface area contributed by atoms with Crippen molar-refractivity contribution in [2.45, 2.75) is 26.2 Å². The Labute approximate surface area is 124 Å². The number of nitrogens with two attached hydrogens (primary N) is 1. The topological polar surface area (TPSA) is 80.7 Å². The predicted molar refractivity (Wildman–Crippen MR) is 82.0 cm³/mol. The summed E-state index contributed by atoms with van der Waals surface area (Å²) >= 11 is 0. The smallest absolute Gasteiger partial charge is 0.188 e. The summed E-state index contributed by atoms with van der Waals surface area (Å²) in [6.07, 6.45) is 1.53. The molecular weight excluding hydrogens is 266 g/mol. The van der Waals surface area contributed by atoms with Crippen molar-refractivity contribution in [2.75, 3.05) is 0 Å². The minimum absolute atomic E-state index is 0.0314. The first-order valence-electron chi connectivity index (χ1n) is 6.62. The number of rotatable bonds is 3. The van der Waals surface area contributed by atoms with Gasteiger partial charge in [0.05, 0.1) is 6.20 Å². The number of amidine groups is 1. The highest BCUT2D eigenvalue weighted by Crippen LogP contribution is 2.26. The van der Waals surface area contributed by atoms with E-state index in [1.54, 1.807) is 12.1 Å². The van der Waals surface area contributed by atoms with Crippen molar-refractivity contribution in [3.8, 4) is 11.5 Å². The molecule has 0 amide bonds. The number of pyridine rings is 1. The summed E-state index contributed by atoms with van der Waals surface area (Å²) < 4.78 is 5.71. The molecule has 0 fully saturated rings. The largest absolute Gasteiger partial charge is 0.456 e. The third kappa shape index (κ3) is 3.72. The molecule has 0 saturated carbocycles. The molecule has 0 atom stereocenters. The summed E-state index contributed by atoms with van der Waals surface area (Å²) in [5.41, 5.74) is 7.21. The third-order valence-electron chi connectivity index (χ3n) is 3.06. The van der Waals surface area contributed by atoms with Crippen molar-refractivity contribution >= 4 is 5.84 Å². The van der Waals surface area contributed by atoms with Gasteiger partial charge in [0.15, 0.2) is 5.84 Å². The lowest BCUT2D eigenvalue weighted by atomic mass is 9.87. The minimum Gasteiger partial charge on any atom is -0.456 e. The lowest BCUT2D eigenvalue weighted by Gasteiger charge is -2.19. The zero-order chi connectivity index (χ0) is 15.5. The molecule has 3 N–H and O–H groups in total. The number of aromatic nitrogens is 1. The number of hydrogen-bond donors (Lipinski definition) is 2. The second kappa shape index (κ2) is 5.83. The van der Waals surface area contributed by atoms with Gasteiger partial charge in [0.1, 0.15) is 17.2 Å². The number of oxime groups is 1. The van der Waals surface area contributed by atoms with E-state index in [2.05, 4.69) is 30.9 Å². The number of hydrogen-bond acceptors (Lipinski definition) is 4. The molecule has 2 rings (SSSR count). The molecule has 5 nitrogen and oxygen atoms in total. The van der Waals surface area contributed by atoms with E-state index >= 15 is 0 Å². The van der Waals surface area contributed by atoms with Crippen LogP contribution in [0.3, 0.4) is 0 Å². The Morgan fingerprint density at radius 1 is 1.10 bits per heavy atom. The van der Waals surface area contributed by atoms with Gasteiger partial charge in [-0.25, -0.2) is 4.98 Å². The molecule has 110 valence electrons. The fourth-order valence-corrected chi connectivity index (χ4v) is 1.80. The lowest BCUT2D eigenvalue weighted by Crippen LogP contribution is -2.14. The van der Waals surface area contributed by atoms with Crippen LogP contribution in [0.1, 0.15) is 32.0 Å². The van der Waals surface area contributed by atoms with Gasteiger partial charge in [-0.05, 0) is 35.2 Å². The molecule has 2 aromatic rings. The molecule has 0 aliphatic heterocycles. The van der Waals surface area contributed by atoms with Crippen LogP contribution in [0.15, 0.2) is 47.8 Å². The predicted octanol–water partition coefficient (Wildman–Crippen LogP) is 3.27. The molecule has 0 saturated heterocycles. The molecule has 0 spiro atoms. The van der Waals surface area contributed by atoms with Gasteiger partial charge in [0.25, 0.3) is 0 Å². The first-order chi connectivity index (χ1) is 9.90. The molecule has 0 bridgehead atoms. The van der Waals surface area contributed by atoms with Crippen LogP contribution in [0, 0.1) is 0 Å². The van der Waals surface area contributed by atoms with Gasteiger partial charge in [0, 0.05) is 0 Å². The highest BCUT2D eigenvalue weighted by Gasteiger charge is 2.13. The van der Waals surface area contributed by atoms with Gasteiger partial charge in [-0.1, -0.05) is 38.1 Å². The number of nitrogens with zero attached hydrogens (tertiary/aromatic N) is 2. The summed E-state index contributed by atoms with van der Waals surface area (Å²) in [5, 5.41) is 11.5. The molecule has 1 heterocycles. The van der Waals surface area contributed by atoms with E-state index in [0.717, 1.165) is 5.75 Å². The van der Waals surface area contributed by atoms with Crippen LogP contribution >= 0.6 is 0 Å². The van der Waals surface area contributed by atoms with Crippen molar-refractivity contribution < 1.29 is 9.94 Å². The van der Waals surface area contributed by atoms with E-state index in [-0.39, 0.29) is 11.3 Å². The van der Waals surface area contributed by atoms with Crippen LogP contribution in [-0.4, -0.2) is 16.0 Å². The minimum atomic E-state index is -0.0314. The van der Waals surface area contributed by atoms with Gasteiger partial charge in [-0.3, -0.25) is 0 Å². The van der Waals surface area contributed by atoms with Crippen LogP contribution in [0.25, 0.3) is 0 Å². The quantitative estimate of drug-likeness (QED) is 0.392. The van der Waals surface area contributed by atoms with Gasteiger partial charge < -0.3 is 15.7 Å². The summed E-state index contributed by atoms with van der Waals surface area (Å²) in [5.74, 6) is 1.30. The van der Waals surface area contributed by atoms with E-state index in [1.807, 2.05) is 24.3 Å². The Morgan fingerprint density at radius 3 is 2.19 bits per heavy atom. The molecule has 0 unspecified atom stereocenters. The molecule has 0 aliphatic carbocycles. The molecule has 1 aromatic carbocycles. The van der Waals surface area contributed by atoms with Crippen molar-refractivity contribution in [3.05, 3.63) is 53.9 Å². The van der Waals surface area contributed by atoms with Crippen molar-refractivity contribution in [1.82, 2.24) is 4.98 Å². The third-order valence-corrected chi connectivity index (χ3v) is 3.06. The lowest BCUT2D eigenvalue weighted by molar-refractivity contribution is 0.318. The van der Waals surface area contributed by atoms with Crippen molar-refractivity contribution in [2.24, 2.45) is 10.9 Å². The number of ether oxygens (including phenoxy) is 1. The summed E-state index contributed by atoms with van der Waals surface area (Å²) in [6, 6.07) is 11.3. The first-order valence-corrected chi connectivity index (χ1v) is 6.62. The molecule has 21 heavy (non-hydrogen) atoms. The Balaban J connectivity index is 2.11. The van der Waals surface area contributed by atoms with Crippen LogP contribution in [0.4, 0.5) is 0 Å². The molecular formula is C16H19N3O2. The second-order valence-corrected chi connectivity index (χ2v) is 5.74. The van der Waals surface area contributed by atoms with Crippen LogP contribution in [0.2, 0.25) is 0 Å². The monoisotopic (exact) mass is 285 g/mol. The Hall–Kier alpha value is -2.56. The second-order valence-electron chi connectivity index (χ2n) is 5.74. The van der Waals surface area contributed by atoms with Crippen LogP contribution < -0.4 is 10.5 Å². The van der Waals surface area contributed by atoms with E-state index in [4.69, 9.17) is 15.7 Å². The summed E-state index contributed by atoms with van der Waals surface area (Å²) in [6.45, 7) is 6.50. The van der Waals surface area contributed by atoms with E-state index in [1.165, 1.54) is 11.8 Å². The maximum atomic E-state index is 8.58. The van der Waals surface area contributed by atoms with Gasteiger partial charge >= 0.3 is 0 Å². The molecule has 5 heteroatoms. The normalized spacial score (nSPS) is 12.2. The maximum absolute atomic E-state index is 8.58. The standard InChI is InChI=1S/C16H19N3O2/c1-16(2,3)11-4-6-12(7-5-11)21-13-8-9-14(18-10-13)15(17)19-20/h4-10,20H,1-3H3,(H2,17,19). The summed E-state index contributed by atoms with van der Waals surface area (Å²) in [7, 11) is 0. The Kier molecular flexibility index (Phi) is 4.12. The van der Waals surface area contributed by atoms with Crippen molar-refractivity contribution in [3.63, 3.8) is 0 Å². The van der Waals surface area contributed by atoms with Gasteiger partial charge in [-0.2, -0.15) is 0 Å². The average Bonchev–Trinajstić information content (AvgIpc) is 2.47. The molecule has 1 aromatic heterocycles. The van der Waals surface area contributed by atoms with E-state index in [0.29, 0.717) is 11.4 Å². The Bertz CT molecular complexity index is 626. The SMILES string of the molecule is CC(C)(C)c1ccc(Oc2ccc(/C(N)=N/O)nc2)cc1. The summed E-state index contributed by atoms with van der Waals surface area (Å²) in [4.78, 5) is 4.06. The van der Waals surface area contributed by atoms with E-state index in [9.17, 15) is 0 Å². The maximum Gasteiger partial charge on any atom is 0.188 e. The Morgan fingerprint density at radius 2 is 1.71 bits per heavy atom. The van der Waals surface area contributed by atoms with Crippen LogP contribution in [0.5, 0.6) is 11.5 Å². The molecule has 0 radical (unpaired) electrons. The van der Waals surface area contributed by atoms with Gasteiger partial charge in [0.2, 0.25) is 0 Å². The zero-order valence-corrected chi connectivity index (χ0v) is 12.4. The van der Waals surface area contributed by atoms with E-state index < -0.39 is 0 Å². The zero-order valence-electron chi connectivity index (χ0n) is 12.4. The van der Waals surface area contributed by atoms with Gasteiger partial charge in [-0.15, -0.1) is 0 Å². The fourth-order valence-electron chi connectivity index (χ4n) is 1.80. The highest BCUT2D eigenvalue weighted by molar-refractivity contribution is 5.95. The van der Waals surface area contributed by atoms with Crippen LogP contribution in [-0.2, 0) is 5.41 Å². The highest BCUT2D eigenvalue weighted by atomic mass is 16.5. The molecule has 0 aliphatic rings. The first kappa shape index (κ1) is 14.8. The average molecular weight is 285 g/mol.